The minimum absolute atomic E-state index is 0. The highest BCUT2D eigenvalue weighted by molar-refractivity contribution is 5.75. The van der Waals surface area contributed by atoms with Crippen LogP contribution in [0.2, 0.25) is 0 Å². The molecule has 0 heterocycles. The number of unbranched alkanes of at least 4 members (excludes halogenated alkanes) is 5. The number of carbonyl (C=O) groups excluding carboxylic acids is 1. The molecule has 1 amide bonds. The molecule has 0 aliphatic rings. The Hall–Kier alpha value is -0.570. The molecule has 3 nitrogen and oxygen atoms in total. The van der Waals surface area contributed by atoms with E-state index in [0.717, 1.165) is 19.5 Å². The highest BCUT2D eigenvalue weighted by Crippen LogP contribution is 2.05. The highest BCUT2D eigenvalue weighted by Gasteiger charge is 2.02. The molecule has 0 unspecified atom stereocenters. The van der Waals surface area contributed by atoms with Crippen LogP contribution >= 0.6 is 0 Å². The van der Waals surface area contributed by atoms with Gasteiger partial charge in [0, 0.05) is 21.9 Å². The summed E-state index contributed by atoms with van der Waals surface area (Å²) >= 11 is 0. The quantitative estimate of drug-likeness (QED) is 0.529. The lowest BCUT2D eigenvalue weighted by molar-refractivity contribution is -0.121. The van der Waals surface area contributed by atoms with E-state index in [2.05, 4.69) is 38.3 Å². The summed E-state index contributed by atoms with van der Waals surface area (Å²) in [6.07, 6.45) is 8.22. The highest BCUT2D eigenvalue weighted by atomic mass is 16.1. The maximum absolute atomic E-state index is 11.4. The van der Waals surface area contributed by atoms with E-state index in [1.165, 1.54) is 32.1 Å². The molecular weight excluding hydrogens is 236 g/mol. The van der Waals surface area contributed by atoms with E-state index in [4.69, 9.17) is 0 Å². The third-order valence-corrected chi connectivity index (χ3v) is 3.07. The Labute approximate surface area is 122 Å². The fraction of sp³-hybridized carbons (Fsp3) is 0.938. The number of hydrogen-bond donors (Lipinski definition) is 2. The van der Waals surface area contributed by atoms with Gasteiger partial charge in [0.2, 0.25) is 5.91 Å². The lowest BCUT2D eigenvalue weighted by atomic mass is 10.1. The van der Waals surface area contributed by atoms with Crippen LogP contribution in [0.3, 0.4) is 0 Å². The molecule has 0 fully saturated rings. The van der Waals surface area contributed by atoms with E-state index >= 15 is 0 Å². The van der Waals surface area contributed by atoms with Crippen LogP contribution in [0.15, 0.2) is 0 Å². The molecule has 3 heteroatoms. The van der Waals surface area contributed by atoms with Crippen LogP contribution in [0.1, 0.15) is 75.5 Å². The van der Waals surface area contributed by atoms with Crippen molar-refractivity contribution in [2.75, 3.05) is 13.1 Å². The molecule has 0 aliphatic heterocycles. The van der Waals surface area contributed by atoms with Gasteiger partial charge in [0.25, 0.3) is 0 Å². The van der Waals surface area contributed by atoms with Gasteiger partial charge in [-0.05, 0) is 25.3 Å². The molecule has 0 aromatic rings. The molecule has 118 valence electrons. The lowest BCUT2D eigenvalue weighted by Crippen LogP contribution is -2.25. The lowest BCUT2D eigenvalue weighted by Gasteiger charge is -2.08. The van der Waals surface area contributed by atoms with Gasteiger partial charge in [-0.1, -0.05) is 53.4 Å². The predicted octanol–water partition coefficient (Wildman–Crippen LogP) is 3.98. The molecule has 0 atom stereocenters. The summed E-state index contributed by atoms with van der Waals surface area (Å²) < 4.78 is 0. The first-order valence-corrected chi connectivity index (χ1v) is 8.02. The van der Waals surface area contributed by atoms with Crippen molar-refractivity contribution >= 4 is 5.91 Å². The molecule has 0 bridgehead atoms. The minimum atomic E-state index is 0. The summed E-state index contributed by atoms with van der Waals surface area (Å²) in [7, 11) is 0. The molecule has 0 spiro atoms. The zero-order valence-corrected chi connectivity index (χ0v) is 13.4. The molecule has 0 aromatic carbocycles. The van der Waals surface area contributed by atoms with Crippen LogP contribution < -0.4 is 10.6 Å². The van der Waals surface area contributed by atoms with Crippen LogP contribution in [-0.2, 0) is 4.79 Å². The number of carbonyl (C=O) groups is 1. The average Bonchev–Trinajstić information content (AvgIpc) is 2.30. The number of nitrogens with one attached hydrogen (secondary N) is 2. The molecule has 2 N–H and O–H groups in total. The monoisotopic (exact) mass is 274 g/mol. The van der Waals surface area contributed by atoms with Crippen molar-refractivity contribution in [2.24, 2.45) is 5.92 Å². The standard InChI is InChI=1S/C16H34N2O.2H2/c1-14(2)13-16(19)18-12-10-8-6-5-7-9-11-17-15(3)4;;/h14-15,17H,5-13H2,1-4H3,(H,18,19);2*1H. The fourth-order valence-electron chi connectivity index (χ4n) is 2.02. The second kappa shape index (κ2) is 12.5. The van der Waals surface area contributed by atoms with Crippen molar-refractivity contribution in [3.05, 3.63) is 0 Å². The Bertz CT molecular complexity index is 224. The molecular formula is C16H38N2O. The van der Waals surface area contributed by atoms with Gasteiger partial charge < -0.3 is 10.6 Å². The average molecular weight is 274 g/mol. The van der Waals surface area contributed by atoms with E-state index < -0.39 is 0 Å². The second-order valence-electron chi connectivity index (χ2n) is 6.18. The number of hydrogen-bond acceptors (Lipinski definition) is 2. The zero-order chi connectivity index (χ0) is 14.5. The Balaban J connectivity index is -0.00000162. The number of amides is 1. The van der Waals surface area contributed by atoms with Crippen LogP contribution in [0, 0.1) is 5.92 Å². The molecule has 0 rings (SSSR count). The second-order valence-corrected chi connectivity index (χ2v) is 6.18. The van der Waals surface area contributed by atoms with Gasteiger partial charge in [-0.15, -0.1) is 0 Å². The van der Waals surface area contributed by atoms with Crippen molar-refractivity contribution in [1.82, 2.24) is 10.6 Å². The normalized spacial score (nSPS) is 11.3. The summed E-state index contributed by atoms with van der Waals surface area (Å²) in [5.41, 5.74) is 0. The molecule has 19 heavy (non-hydrogen) atoms. The molecule has 0 radical (unpaired) electrons. The van der Waals surface area contributed by atoms with Crippen LogP contribution in [0.25, 0.3) is 0 Å². The minimum Gasteiger partial charge on any atom is -0.356 e. The molecule has 0 aromatic heterocycles. The Morgan fingerprint density at radius 3 is 1.95 bits per heavy atom. The summed E-state index contributed by atoms with van der Waals surface area (Å²) in [6.45, 7) is 10.5. The van der Waals surface area contributed by atoms with Gasteiger partial charge in [0.05, 0.1) is 0 Å². The zero-order valence-electron chi connectivity index (χ0n) is 13.4. The van der Waals surface area contributed by atoms with E-state index in [-0.39, 0.29) is 8.76 Å². The largest absolute Gasteiger partial charge is 0.356 e. The fourth-order valence-corrected chi connectivity index (χ4v) is 2.02. The van der Waals surface area contributed by atoms with Crippen molar-refractivity contribution in [2.45, 2.75) is 78.7 Å². The maximum Gasteiger partial charge on any atom is 0.220 e. The topological polar surface area (TPSA) is 41.1 Å². The predicted molar refractivity (Wildman–Crippen MR) is 87.5 cm³/mol. The Kier molecular flexibility index (Phi) is 12.1. The Morgan fingerprint density at radius 2 is 1.42 bits per heavy atom. The molecule has 0 saturated carbocycles. The summed E-state index contributed by atoms with van der Waals surface area (Å²) in [4.78, 5) is 11.4. The maximum atomic E-state index is 11.4. The van der Waals surface area contributed by atoms with Crippen molar-refractivity contribution in [3.8, 4) is 0 Å². The molecule has 0 saturated heterocycles. The number of rotatable bonds is 12. The first-order valence-electron chi connectivity index (χ1n) is 8.02. The third kappa shape index (κ3) is 15.4. The van der Waals surface area contributed by atoms with Crippen molar-refractivity contribution < 1.29 is 7.65 Å². The first-order chi connectivity index (χ1) is 9.02. The van der Waals surface area contributed by atoms with Crippen LogP contribution in [0.4, 0.5) is 0 Å². The Morgan fingerprint density at radius 1 is 0.895 bits per heavy atom. The van der Waals surface area contributed by atoms with Gasteiger partial charge in [-0.2, -0.15) is 0 Å². The molecule has 0 aliphatic carbocycles. The van der Waals surface area contributed by atoms with Gasteiger partial charge in [-0.3, -0.25) is 4.79 Å². The van der Waals surface area contributed by atoms with Gasteiger partial charge in [0.1, 0.15) is 0 Å². The van der Waals surface area contributed by atoms with Crippen molar-refractivity contribution in [1.29, 1.82) is 0 Å². The summed E-state index contributed by atoms with van der Waals surface area (Å²) in [6, 6.07) is 0.606. The van der Waals surface area contributed by atoms with Gasteiger partial charge in [-0.25, -0.2) is 0 Å². The first kappa shape index (κ1) is 18.4. The van der Waals surface area contributed by atoms with Gasteiger partial charge >= 0.3 is 0 Å². The van der Waals surface area contributed by atoms with E-state index in [1.54, 1.807) is 0 Å². The van der Waals surface area contributed by atoms with E-state index in [1.807, 2.05) is 0 Å². The smallest absolute Gasteiger partial charge is 0.220 e. The van der Waals surface area contributed by atoms with Crippen molar-refractivity contribution in [3.63, 3.8) is 0 Å². The summed E-state index contributed by atoms with van der Waals surface area (Å²) in [5.74, 6) is 0.661. The summed E-state index contributed by atoms with van der Waals surface area (Å²) in [5, 5.41) is 6.43. The van der Waals surface area contributed by atoms with E-state index in [0.29, 0.717) is 18.4 Å². The van der Waals surface area contributed by atoms with Crippen LogP contribution in [0.5, 0.6) is 0 Å². The third-order valence-electron chi connectivity index (χ3n) is 3.07. The van der Waals surface area contributed by atoms with Gasteiger partial charge in [0.15, 0.2) is 0 Å². The van der Waals surface area contributed by atoms with Crippen LogP contribution in [-0.4, -0.2) is 25.0 Å². The van der Waals surface area contributed by atoms with E-state index in [9.17, 15) is 4.79 Å². The SMILES string of the molecule is CC(C)CC(=O)NCCCCCCCCNC(C)C.[HH].[HH].